The van der Waals surface area contributed by atoms with E-state index >= 15 is 0 Å². The molecule has 0 aromatic carbocycles. The van der Waals surface area contributed by atoms with Crippen molar-refractivity contribution in [1.29, 1.82) is 0 Å². The third-order valence-corrected chi connectivity index (χ3v) is 4.06. The highest BCUT2D eigenvalue weighted by atomic mass is 19.3. The van der Waals surface area contributed by atoms with Crippen molar-refractivity contribution in [2.45, 2.75) is 25.8 Å². The average Bonchev–Trinajstić information content (AvgIpc) is 2.90. The maximum absolute atomic E-state index is 13.2. The zero-order chi connectivity index (χ0) is 14.5. The van der Waals surface area contributed by atoms with Crippen LogP contribution in [-0.2, 0) is 4.79 Å². The van der Waals surface area contributed by atoms with Gasteiger partial charge in [-0.25, -0.2) is 18.2 Å². The minimum Gasteiger partial charge on any atom is -0.272 e. The second-order valence-corrected chi connectivity index (χ2v) is 5.50. The third-order valence-electron chi connectivity index (χ3n) is 4.06. The van der Waals surface area contributed by atoms with Gasteiger partial charge in [-0.1, -0.05) is 0 Å². The predicted molar refractivity (Wildman–Crippen MR) is 64.1 cm³/mol. The summed E-state index contributed by atoms with van der Waals surface area (Å²) in [4.78, 5) is 16.1. The molecule has 0 aliphatic carbocycles. The standard InChI is InChI=1S/C13H14F3N3O/c1-13(11(15)16)7-18-3-2-10(19(18)12(13)20)8-4-9(14)6-17-5-8/h4-6,10-11H,2-3,7H2,1H3/t10-,13-/m0/s1. The van der Waals surface area contributed by atoms with Crippen molar-refractivity contribution in [2.75, 3.05) is 13.1 Å². The molecule has 2 saturated heterocycles. The van der Waals surface area contributed by atoms with Crippen molar-refractivity contribution >= 4 is 5.91 Å². The lowest BCUT2D eigenvalue weighted by atomic mass is 9.90. The molecule has 0 spiro atoms. The topological polar surface area (TPSA) is 36.4 Å². The molecule has 2 fully saturated rings. The molecule has 4 nitrogen and oxygen atoms in total. The molecule has 0 saturated carbocycles. The van der Waals surface area contributed by atoms with Crippen LogP contribution in [0.4, 0.5) is 13.2 Å². The van der Waals surface area contributed by atoms with Gasteiger partial charge in [0.05, 0.1) is 12.2 Å². The summed E-state index contributed by atoms with van der Waals surface area (Å²) in [5.41, 5.74) is -1.14. The first-order chi connectivity index (χ1) is 9.43. The van der Waals surface area contributed by atoms with Crippen LogP contribution in [0.3, 0.4) is 0 Å². The molecule has 0 bridgehead atoms. The number of aromatic nitrogens is 1. The van der Waals surface area contributed by atoms with Crippen LogP contribution in [0.5, 0.6) is 0 Å². The molecule has 3 rings (SSSR count). The van der Waals surface area contributed by atoms with Gasteiger partial charge in [-0.15, -0.1) is 0 Å². The summed E-state index contributed by atoms with van der Waals surface area (Å²) in [5, 5.41) is 2.98. The molecule has 3 heterocycles. The zero-order valence-electron chi connectivity index (χ0n) is 10.9. The molecular weight excluding hydrogens is 271 g/mol. The number of carbonyl (C=O) groups excluding carboxylic acids is 1. The smallest absolute Gasteiger partial charge is 0.254 e. The summed E-state index contributed by atoms with van der Waals surface area (Å²) in [5.74, 6) is -1.09. The second kappa shape index (κ2) is 4.44. The van der Waals surface area contributed by atoms with E-state index in [-0.39, 0.29) is 6.54 Å². The van der Waals surface area contributed by atoms with Crippen molar-refractivity contribution in [2.24, 2.45) is 5.41 Å². The van der Waals surface area contributed by atoms with E-state index in [4.69, 9.17) is 0 Å². The first-order valence-electron chi connectivity index (χ1n) is 6.40. The number of hydrazine groups is 1. The summed E-state index contributed by atoms with van der Waals surface area (Å²) in [6.07, 6.45) is 0.427. The highest BCUT2D eigenvalue weighted by Crippen LogP contribution is 2.44. The Labute approximate surface area is 114 Å². The number of hydrogen-bond acceptors (Lipinski definition) is 3. The lowest BCUT2D eigenvalue weighted by Crippen LogP contribution is -2.39. The zero-order valence-corrected chi connectivity index (χ0v) is 10.9. The van der Waals surface area contributed by atoms with Crippen molar-refractivity contribution in [3.8, 4) is 0 Å². The monoisotopic (exact) mass is 285 g/mol. The number of rotatable bonds is 2. The minimum atomic E-state index is -2.72. The van der Waals surface area contributed by atoms with E-state index in [9.17, 15) is 18.0 Å². The molecule has 1 amide bonds. The largest absolute Gasteiger partial charge is 0.272 e. The van der Waals surface area contributed by atoms with E-state index < -0.39 is 29.6 Å². The molecule has 0 unspecified atom stereocenters. The Bertz CT molecular complexity index is 553. The highest BCUT2D eigenvalue weighted by Gasteiger charge is 2.57. The van der Waals surface area contributed by atoms with Crippen LogP contribution in [0.25, 0.3) is 0 Å². The summed E-state index contributed by atoms with van der Waals surface area (Å²) >= 11 is 0. The highest BCUT2D eigenvalue weighted by molar-refractivity contribution is 5.85. The molecule has 20 heavy (non-hydrogen) atoms. The fourth-order valence-electron chi connectivity index (χ4n) is 2.91. The molecule has 0 radical (unpaired) electrons. The van der Waals surface area contributed by atoms with Crippen molar-refractivity contribution in [3.05, 3.63) is 29.8 Å². The predicted octanol–water partition coefficient (Wildman–Crippen LogP) is 2.00. The van der Waals surface area contributed by atoms with Gasteiger partial charge in [0.25, 0.3) is 12.3 Å². The Hall–Kier alpha value is -1.63. The van der Waals surface area contributed by atoms with Gasteiger partial charge in [0.15, 0.2) is 0 Å². The lowest BCUT2D eigenvalue weighted by Gasteiger charge is -2.26. The van der Waals surface area contributed by atoms with Gasteiger partial charge in [0.1, 0.15) is 11.2 Å². The minimum absolute atomic E-state index is 0.00272. The lowest BCUT2D eigenvalue weighted by molar-refractivity contribution is -0.147. The first-order valence-corrected chi connectivity index (χ1v) is 6.40. The summed E-state index contributed by atoms with van der Waals surface area (Å²) in [7, 11) is 0. The van der Waals surface area contributed by atoms with E-state index in [1.165, 1.54) is 24.2 Å². The Kier molecular flexibility index (Phi) is 2.97. The molecule has 7 heteroatoms. The Balaban J connectivity index is 1.93. The third kappa shape index (κ3) is 1.80. The maximum Gasteiger partial charge on any atom is 0.254 e. The van der Waals surface area contributed by atoms with E-state index in [1.54, 1.807) is 5.01 Å². The first kappa shape index (κ1) is 13.4. The summed E-state index contributed by atoms with van der Waals surface area (Å²) < 4.78 is 39.5. The van der Waals surface area contributed by atoms with Crippen LogP contribution in [0.1, 0.15) is 24.9 Å². The van der Waals surface area contributed by atoms with E-state index in [1.807, 2.05) is 0 Å². The average molecular weight is 285 g/mol. The summed E-state index contributed by atoms with van der Waals surface area (Å²) in [6, 6.07) is 0.887. The number of alkyl halides is 2. The van der Waals surface area contributed by atoms with E-state index in [0.717, 1.165) is 6.20 Å². The molecule has 2 atom stereocenters. The molecule has 108 valence electrons. The van der Waals surface area contributed by atoms with Crippen molar-refractivity contribution in [1.82, 2.24) is 15.0 Å². The van der Waals surface area contributed by atoms with E-state index in [0.29, 0.717) is 18.5 Å². The second-order valence-electron chi connectivity index (χ2n) is 5.50. The Morgan fingerprint density at radius 1 is 1.45 bits per heavy atom. The van der Waals surface area contributed by atoms with Crippen LogP contribution in [0, 0.1) is 11.2 Å². The van der Waals surface area contributed by atoms with Crippen LogP contribution in [0.15, 0.2) is 18.5 Å². The molecule has 1 aromatic rings. The molecular formula is C13H14F3N3O. The van der Waals surface area contributed by atoms with Crippen LogP contribution in [-0.4, -0.2) is 40.4 Å². The normalized spacial score (nSPS) is 30.4. The molecule has 2 aliphatic rings. The quantitative estimate of drug-likeness (QED) is 0.834. The number of nitrogens with zero attached hydrogens (tertiary/aromatic N) is 3. The van der Waals surface area contributed by atoms with Gasteiger partial charge in [-0.2, -0.15) is 0 Å². The number of pyridine rings is 1. The number of amides is 1. The number of carbonyl (C=O) groups is 1. The molecule has 0 N–H and O–H groups in total. The fourth-order valence-corrected chi connectivity index (χ4v) is 2.91. The van der Waals surface area contributed by atoms with Gasteiger partial charge < -0.3 is 0 Å². The number of halogens is 3. The van der Waals surface area contributed by atoms with Crippen LogP contribution in [0.2, 0.25) is 0 Å². The Morgan fingerprint density at radius 2 is 2.20 bits per heavy atom. The number of fused-ring (bicyclic) bond motifs is 1. The van der Waals surface area contributed by atoms with Crippen molar-refractivity contribution < 1.29 is 18.0 Å². The molecule has 1 aromatic heterocycles. The number of hydrogen-bond donors (Lipinski definition) is 0. The van der Waals surface area contributed by atoms with Crippen LogP contribution < -0.4 is 0 Å². The van der Waals surface area contributed by atoms with Gasteiger partial charge in [0.2, 0.25) is 0 Å². The van der Waals surface area contributed by atoms with E-state index in [2.05, 4.69) is 4.98 Å². The maximum atomic E-state index is 13.2. The van der Waals surface area contributed by atoms with Gasteiger partial charge in [0, 0.05) is 19.3 Å². The van der Waals surface area contributed by atoms with Crippen LogP contribution >= 0.6 is 0 Å². The van der Waals surface area contributed by atoms with Crippen molar-refractivity contribution in [3.63, 3.8) is 0 Å². The molecule has 2 aliphatic heterocycles. The summed E-state index contributed by atoms with van der Waals surface area (Å²) in [6.45, 7) is 1.79. The SMILES string of the molecule is C[C@@]1(C(F)F)CN2CC[C@@H](c3cncc(F)c3)N2C1=O. The van der Waals surface area contributed by atoms with Gasteiger partial charge in [-0.3, -0.25) is 14.8 Å². The van der Waals surface area contributed by atoms with Gasteiger partial charge in [-0.05, 0) is 25.0 Å². The van der Waals surface area contributed by atoms with Gasteiger partial charge >= 0.3 is 0 Å². The fraction of sp³-hybridized carbons (Fsp3) is 0.538. The Morgan fingerprint density at radius 3 is 2.85 bits per heavy atom.